The maximum atomic E-state index is 5.61. The molecule has 1 aliphatic carbocycles. The number of pyridine rings is 1. The molecule has 0 saturated carbocycles. The number of morpholine rings is 1. The first kappa shape index (κ1) is 16.6. The lowest BCUT2D eigenvalue weighted by molar-refractivity contribution is 0.0529. The molecule has 1 aromatic carbocycles. The Balaban J connectivity index is 1.37. The average Bonchev–Trinajstić information content (AvgIpc) is 3.02. The predicted molar refractivity (Wildman–Crippen MR) is 101 cm³/mol. The third-order valence-electron chi connectivity index (χ3n) is 5.31. The van der Waals surface area contributed by atoms with Crippen molar-refractivity contribution in [2.75, 3.05) is 24.6 Å². The van der Waals surface area contributed by atoms with Crippen molar-refractivity contribution in [1.82, 2.24) is 10.3 Å². The second-order valence-corrected chi connectivity index (χ2v) is 7.33. The van der Waals surface area contributed by atoms with E-state index in [2.05, 4.69) is 59.4 Å². The van der Waals surface area contributed by atoms with Crippen LogP contribution in [0.3, 0.4) is 0 Å². The first-order valence-corrected chi connectivity index (χ1v) is 9.33. The number of benzene rings is 1. The van der Waals surface area contributed by atoms with Gasteiger partial charge in [-0.1, -0.05) is 29.8 Å². The number of rotatable bonds is 4. The van der Waals surface area contributed by atoms with Gasteiger partial charge in [0.2, 0.25) is 0 Å². The van der Waals surface area contributed by atoms with Crippen molar-refractivity contribution in [1.29, 1.82) is 0 Å². The summed E-state index contributed by atoms with van der Waals surface area (Å²) in [7, 11) is 0. The van der Waals surface area contributed by atoms with E-state index in [1.165, 1.54) is 35.1 Å². The molecular formula is C21H27N3O. The normalized spacial score (nSPS) is 22.9. The fourth-order valence-electron chi connectivity index (χ4n) is 3.91. The maximum Gasteiger partial charge on any atom is 0.128 e. The predicted octanol–water partition coefficient (Wildman–Crippen LogP) is 3.39. The van der Waals surface area contributed by atoms with Crippen molar-refractivity contribution in [3.63, 3.8) is 0 Å². The van der Waals surface area contributed by atoms with Crippen LogP contribution in [0.25, 0.3) is 0 Å². The van der Waals surface area contributed by atoms with Crippen LogP contribution < -0.4 is 10.2 Å². The summed E-state index contributed by atoms with van der Waals surface area (Å²) in [6.07, 6.45) is 4.66. The molecule has 2 heterocycles. The van der Waals surface area contributed by atoms with Crippen LogP contribution in [0.1, 0.15) is 41.6 Å². The molecule has 25 heavy (non-hydrogen) atoms. The molecule has 1 aromatic heterocycles. The monoisotopic (exact) mass is 337 g/mol. The average molecular weight is 337 g/mol. The van der Waals surface area contributed by atoms with Crippen LogP contribution in [-0.4, -0.2) is 30.8 Å². The second-order valence-electron chi connectivity index (χ2n) is 7.33. The molecule has 2 unspecified atom stereocenters. The van der Waals surface area contributed by atoms with E-state index in [0.717, 1.165) is 32.1 Å². The fraction of sp³-hybridized carbons (Fsp3) is 0.476. The summed E-state index contributed by atoms with van der Waals surface area (Å²) in [6.45, 7) is 7.78. The molecule has 2 aromatic rings. The number of hydrogen-bond donors (Lipinski definition) is 1. The lowest BCUT2D eigenvalue weighted by atomic mass is 10.0. The van der Waals surface area contributed by atoms with Crippen LogP contribution in [0.2, 0.25) is 0 Å². The first-order chi connectivity index (χ1) is 12.2. The highest BCUT2D eigenvalue weighted by Crippen LogP contribution is 2.32. The van der Waals surface area contributed by atoms with Gasteiger partial charge in [-0.2, -0.15) is 0 Å². The molecule has 2 aliphatic rings. The maximum absolute atomic E-state index is 5.61. The number of ether oxygens (including phenoxy) is 1. The Morgan fingerprint density at radius 3 is 3.00 bits per heavy atom. The molecular weight excluding hydrogens is 310 g/mol. The zero-order valence-corrected chi connectivity index (χ0v) is 15.2. The minimum atomic E-state index is 0.280. The highest BCUT2D eigenvalue weighted by Gasteiger charge is 2.22. The van der Waals surface area contributed by atoms with Gasteiger partial charge in [-0.25, -0.2) is 4.98 Å². The third kappa shape index (κ3) is 3.70. The molecule has 4 nitrogen and oxygen atoms in total. The molecule has 0 spiro atoms. The molecule has 1 N–H and O–H groups in total. The number of anilines is 1. The van der Waals surface area contributed by atoms with Gasteiger partial charge in [-0.3, -0.25) is 0 Å². The Hall–Kier alpha value is -1.91. The molecule has 1 fully saturated rings. The van der Waals surface area contributed by atoms with Crippen LogP contribution in [0.5, 0.6) is 0 Å². The summed E-state index contributed by atoms with van der Waals surface area (Å²) < 4.78 is 5.61. The Morgan fingerprint density at radius 1 is 1.28 bits per heavy atom. The van der Waals surface area contributed by atoms with Gasteiger partial charge in [0.1, 0.15) is 5.82 Å². The quantitative estimate of drug-likeness (QED) is 0.928. The van der Waals surface area contributed by atoms with Crippen LogP contribution in [0.4, 0.5) is 5.82 Å². The molecule has 1 saturated heterocycles. The lowest BCUT2D eigenvalue weighted by Crippen LogP contribution is -2.41. The van der Waals surface area contributed by atoms with E-state index in [4.69, 9.17) is 4.74 Å². The molecule has 2 atom stereocenters. The summed E-state index contributed by atoms with van der Waals surface area (Å²) in [6, 6.07) is 11.6. The van der Waals surface area contributed by atoms with Gasteiger partial charge in [-0.15, -0.1) is 0 Å². The van der Waals surface area contributed by atoms with Gasteiger partial charge < -0.3 is 15.0 Å². The smallest absolute Gasteiger partial charge is 0.128 e. The number of aromatic nitrogens is 1. The number of hydrogen-bond acceptors (Lipinski definition) is 4. The molecule has 4 heteroatoms. The largest absolute Gasteiger partial charge is 0.375 e. The molecule has 132 valence electrons. The van der Waals surface area contributed by atoms with Gasteiger partial charge in [-0.05, 0) is 49.4 Å². The summed E-state index contributed by atoms with van der Waals surface area (Å²) in [5.74, 6) is 1.06. The first-order valence-electron chi connectivity index (χ1n) is 9.33. The van der Waals surface area contributed by atoms with E-state index in [-0.39, 0.29) is 6.10 Å². The van der Waals surface area contributed by atoms with Crippen molar-refractivity contribution in [2.45, 2.75) is 45.4 Å². The van der Waals surface area contributed by atoms with E-state index < -0.39 is 0 Å². The van der Waals surface area contributed by atoms with Crippen molar-refractivity contribution in [3.05, 3.63) is 58.8 Å². The zero-order chi connectivity index (χ0) is 17.2. The van der Waals surface area contributed by atoms with Gasteiger partial charge in [0.15, 0.2) is 0 Å². The van der Waals surface area contributed by atoms with Crippen LogP contribution >= 0.6 is 0 Å². The number of nitrogens with one attached hydrogen (secondary N) is 1. The summed E-state index contributed by atoms with van der Waals surface area (Å²) >= 11 is 0. The van der Waals surface area contributed by atoms with E-state index in [9.17, 15) is 0 Å². The molecule has 0 bridgehead atoms. The third-order valence-corrected chi connectivity index (χ3v) is 5.31. The topological polar surface area (TPSA) is 37.4 Å². The highest BCUT2D eigenvalue weighted by molar-refractivity contribution is 5.40. The van der Waals surface area contributed by atoms with Crippen LogP contribution in [-0.2, 0) is 17.7 Å². The molecule has 1 aliphatic heterocycles. The zero-order valence-electron chi connectivity index (χ0n) is 15.2. The molecule has 0 amide bonds. The number of aryl methyl sites for hydroxylation is 2. The highest BCUT2D eigenvalue weighted by atomic mass is 16.5. The SMILES string of the molecule is Cc1ccc2c(c1)C(NCc1ccc(N3CCOC(C)C3)nc1)CC2. The van der Waals surface area contributed by atoms with Crippen molar-refractivity contribution < 1.29 is 4.74 Å². The number of nitrogens with zero attached hydrogens (tertiary/aromatic N) is 2. The lowest BCUT2D eigenvalue weighted by Gasteiger charge is -2.32. The standard InChI is InChI=1S/C21H27N3O/c1-15-3-5-18-6-7-20(19(18)11-15)22-12-17-4-8-21(23-13-17)24-9-10-25-16(2)14-24/h3-5,8,11,13,16,20,22H,6-7,9-10,12,14H2,1-2H3. The van der Waals surface area contributed by atoms with Crippen LogP contribution in [0, 0.1) is 6.92 Å². The van der Waals surface area contributed by atoms with Gasteiger partial charge >= 0.3 is 0 Å². The Kier molecular flexibility index (Phi) is 4.73. The fourth-order valence-corrected chi connectivity index (χ4v) is 3.91. The van der Waals surface area contributed by atoms with Gasteiger partial charge in [0.25, 0.3) is 0 Å². The van der Waals surface area contributed by atoms with Gasteiger partial charge in [0, 0.05) is 31.9 Å². The Morgan fingerprint density at radius 2 is 2.20 bits per heavy atom. The van der Waals surface area contributed by atoms with Crippen molar-refractivity contribution in [3.8, 4) is 0 Å². The summed E-state index contributed by atoms with van der Waals surface area (Å²) in [5, 5.41) is 3.71. The van der Waals surface area contributed by atoms with Gasteiger partial charge in [0.05, 0.1) is 12.7 Å². The van der Waals surface area contributed by atoms with E-state index >= 15 is 0 Å². The Bertz CT molecular complexity index is 728. The minimum absolute atomic E-state index is 0.280. The molecule has 4 rings (SSSR count). The number of fused-ring (bicyclic) bond motifs is 1. The van der Waals surface area contributed by atoms with E-state index in [1.54, 1.807) is 0 Å². The molecule has 0 radical (unpaired) electrons. The summed E-state index contributed by atoms with van der Waals surface area (Å²) in [5.41, 5.74) is 5.56. The van der Waals surface area contributed by atoms with E-state index in [0.29, 0.717) is 6.04 Å². The summed E-state index contributed by atoms with van der Waals surface area (Å²) in [4.78, 5) is 6.98. The minimum Gasteiger partial charge on any atom is -0.375 e. The van der Waals surface area contributed by atoms with E-state index in [1.807, 2.05) is 6.20 Å². The second kappa shape index (κ2) is 7.14. The van der Waals surface area contributed by atoms with Crippen molar-refractivity contribution >= 4 is 5.82 Å². The van der Waals surface area contributed by atoms with Crippen molar-refractivity contribution in [2.24, 2.45) is 0 Å². The Labute approximate surface area is 150 Å². The van der Waals surface area contributed by atoms with Crippen LogP contribution in [0.15, 0.2) is 36.5 Å².